The molecule has 3 aliphatic rings. The van der Waals surface area contributed by atoms with Crippen LogP contribution in [0.25, 0.3) is 0 Å². The normalized spacial score (nSPS) is 50.5. The summed E-state index contributed by atoms with van der Waals surface area (Å²) in [4.78, 5) is 25.4. The number of aliphatic hydroxyl groups is 1. The number of Topliss-reactive ketones (excluding diaryl/α,β-unsaturated/α-hetero) is 1. The number of esters is 1. The summed E-state index contributed by atoms with van der Waals surface area (Å²) in [6.45, 7) is 10.6. The zero-order valence-electron chi connectivity index (χ0n) is 16.9. The number of ketones is 1. The lowest BCUT2D eigenvalue weighted by Crippen LogP contribution is -2.71. The van der Waals surface area contributed by atoms with Crippen LogP contribution in [0.3, 0.4) is 0 Å². The van der Waals surface area contributed by atoms with Gasteiger partial charge in [-0.05, 0) is 60.7 Å². The van der Waals surface area contributed by atoms with Gasteiger partial charge in [0.25, 0.3) is 0 Å². The minimum absolute atomic E-state index is 0.00477. The maximum Gasteiger partial charge on any atom is 0.312 e. The van der Waals surface area contributed by atoms with Crippen molar-refractivity contribution in [3.05, 3.63) is 0 Å². The van der Waals surface area contributed by atoms with Crippen LogP contribution in [0.4, 0.5) is 0 Å². The number of halogens is 1. The van der Waals surface area contributed by atoms with Gasteiger partial charge in [0.2, 0.25) is 0 Å². The summed E-state index contributed by atoms with van der Waals surface area (Å²) < 4.78 is 5.07. The minimum Gasteiger partial charge on any atom is -0.469 e. The molecule has 3 rings (SSSR count). The first kappa shape index (κ1) is 20.3. The number of carbonyl (C=O) groups is 2. The molecule has 0 bridgehead atoms. The first-order valence-electron chi connectivity index (χ1n) is 9.82. The Bertz CT molecular complexity index is 628. The van der Waals surface area contributed by atoms with Crippen molar-refractivity contribution >= 4 is 27.7 Å². The lowest BCUT2D eigenvalue weighted by atomic mass is 9.38. The number of hydrogen-bond acceptors (Lipinski definition) is 4. The predicted molar refractivity (Wildman–Crippen MR) is 104 cm³/mol. The van der Waals surface area contributed by atoms with Gasteiger partial charge in [-0.25, -0.2) is 0 Å². The number of carbonyl (C=O) groups excluding carboxylic acids is 2. The highest BCUT2D eigenvalue weighted by atomic mass is 79.9. The van der Waals surface area contributed by atoms with Crippen LogP contribution in [0.15, 0.2) is 0 Å². The van der Waals surface area contributed by atoms with Crippen molar-refractivity contribution in [2.45, 2.75) is 77.2 Å². The monoisotopic (exact) mass is 428 g/mol. The molecule has 0 aromatic heterocycles. The Hall–Kier alpha value is -0.420. The highest BCUT2D eigenvalue weighted by Crippen LogP contribution is 2.69. The highest BCUT2D eigenvalue weighted by Gasteiger charge is 2.71. The average molecular weight is 429 g/mol. The highest BCUT2D eigenvalue weighted by molar-refractivity contribution is 9.10. The van der Waals surface area contributed by atoms with E-state index in [1.165, 1.54) is 20.5 Å². The van der Waals surface area contributed by atoms with Gasteiger partial charge in [0, 0.05) is 0 Å². The van der Waals surface area contributed by atoms with E-state index in [1.807, 2.05) is 0 Å². The number of alkyl halides is 1. The third-order valence-electron chi connectivity index (χ3n) is 8.37. The van der Waals surface area contributed by atoms with E-state index < -0.39 is 27.7 Å². The van der Waals surface area contributed by atoms with Gasteiger partial charge in [-0.15, -0.1) is 0 Å². The maximum atomic E-state index is 13.1. The van der Waals surface area contributed by atoms with Gasteiger partial charge in [-0.2, -0.15) is 0 Å². The van der Waals surface area contributed by atoms with E-state index in [2.05, 4.69) is 43.6 Å². The molecule has 148 valence electrons. The molecule has 0 heterocycles. The van der Waals surface area contributed by atoms with E-state index in [9.17, 15) is 14.7 Å². The largest absolute Gasteiger partial charge is 0.469 e. The molecular formula is C21H33BrO4. The van der Waals surface area contributed by atoms with Gasteiger partial charge in [-0.3, -0.25) is 9.59 Å². The molecule has 0 spiro atoms. The van der Waals surface area contributed by atoms with Gasteiger partial charge in [0.1, 0.15) is 5.60 Å². The van der Waals surface area contributed by atoms with Crippen molar-refractivity contribution in [1.82, 2.24) is 0 Å². The van der Waals surface area contributed by atoms with Gasteiger partial charge < -0.3 is 9.84 Å². The molecule has 4 nitrogen and oxygen atoms in total. The van der Waals surface area contributed by atoms with Crippen molar-refractivity contribution < 1.29 is 19.4 Å². The molecule has 0 unspecified atom stereocenters. The number of ether oxygens (including phenoxy) is 1. The fraction of sp³-hybridized carbons (Fsp3) is 0.905. The molecule has 5 heteroatoms. The Morgan fingerprint density at radius 2 is 1.73 bits per heavy atom. The van der Waals surface area contributed by atoms with E-state index >= 15 is 0 Å². The van der Waals surface area contributed by atoms with E-state index in [-0.39, 0.29) is 22.5 Å². The first-order chi connectivity index (χ1) is 11.8. The second-order valence-corrected chi connectivity index (χ2v) is 11.3. The molecule has 26 heavy (non-hydrogen) atoms. The van der Waals surface area contributed by atoms with Crippen LogP contribution in [0.5, 0.6) is 0 Å². The Kier molecular flexibility index (Phi) is 4.72. The van der Waals surface area contributed by atoms with Gasteiger partial charge in [0.05, 0.1) is 17.9 Å². The van der Waals surface area contributed by atoms with Crippen molar-refractivity contribution in [3.8, 4) is 0 Å². The van der Waals surface area contributed by atoms with Crippen LogP contribution in [-0.2, 0) is 14.3 Å². The van der Waals surface area contributed by atoms with Crippen molar-refractivity contribution in [3.63, 3.8) is 0 Å². The van der Waals surface area contributed by atoms with Crippen LogP contribution in [-0.4, -0.2) is 34.4 Å². The Morgan fingerprint density at radius 3 is 2.31 bits per heavy atom. The lowest BCUT2D eigenvalue weighted by molar-refractivity contribution is -0.213. The van der Waals surface area contributed by atoms with Crippen molar-refractivity contribution in [1.29, 1.82) is 0 Å². The molecule has 0 aromatic carbocycles. The smallest absolute Gasteiger partial charge is 0.312 e. The molecule has 1 N–H and O–H groups in total. The van der Waals surface area contributed by atoms with E-state index in [0.29, 0.717) is 5.92 Å². The molecule has 0 amide bonds. The quantitative estimate of drug-likeness (QED) is 0.503. The lowest BCUT2D eigenvalue weighted by Gasteiger charge is -2.67. The molecule has 0 aromatic rings. The number of rotatable bonds is 1. The van der Waals surface area contributed by atoms with Crippen LogP contribution >= 0.6 is 15.9 Å². The van der Waals surface area contributed by atoms with Crippen LogP contribution in [0, 0.1) is 34.0 Å². The number of fused-ring (bicyclic) bond motifs is 3. The Labute approximate surface area is 165 Å². The summed E-state index contributed by atoms with van der Waals surface area (Å²) in [5.41, 5.74) is -2.00. The second-order valence-electron chi connectivity index (χ2n) is 10.3. The van der Waals surface area contributed by atoms with Crippen LogP contribution in [0.1, 0.15) is 66.7 Å². The molecule has 7 atom stereocenters. The Morgan fingerprint density at radius 1 is 1.12 bits per heavy atom. The summed E-state index contributed by atoms with van der Waals surface area (Å²) in [5, 5.41) is 11.1. The molecule has 3 aliphatic carbocycles. The molecule has 3 fully saturated rings. The Balaban J connectivity index is 2.17. The summed E-state index contributed by atoms with van der Waals surface area (Å²) in [7, 11) is 1.35. The zero-order chi connectivity index (χ0) is 19.7. The predicted octanol–water partition coefficient (Wildman–Crippen LogP) is 4.12. The van der Waals surface area contributed by atoms with Gasteiger partial charge >= 0.3 is 5.97 Å². The SMILES string of the molecule is COC(=O)[C@H]1[C@]2(C)CC[C@H]3C(C)(C)CCC[C@]3(C)[C@H]2[C@H](Br)C(=O)[C@]1(C)O. The molecular weight excluding hydrogens is 396 g/mol. The molecule has 0 saturated heterocycles. The summed E-state index contributed by atoms with van der Waals surface area (Å²) >= 11 is 3.68. The standard InChI is InChI=1S/C21H33BrO4/c1-18(2)9-7-10-19(3)12(18)8-11-20(4)14(19)13(22)16(23)21(5,25)15(20)17(24)26-6/h12-15,25H,7-11H2,1-6H3/t12-,13-,14+,15-,19-,20+,21+/m0/s1. The molecule has 0 aliphatic heterocycles. The third-order valence-corrected chi connectivity index (χ3v) is 9.31. The van der Waals surface area contributed by atoms with Crippen molar-refractivity contribution in [2.75, 3.05) is 7.11 Å². The summed E-state index contributed by atoms with van der Waals surface area (Å²) in [6, 6.07) is 0. The van der Waals surface area contributed by atoms with Gasteiger partial charge in [0.15, 0.2) is 5.78 Å². The summed E-state index contributed by atoms with van der Waals surface area (Å²) in [5.74, 6) is -1.05. The van der Waals surface area contributed by atoms with Crippen molar-refractivity contribution in [2.24, 2.45) is 34.0 Å². The zero-order valence-corrected chi connectivity index (χ0v) is 18.5. The van der Waals surface area contributed by atoms with E-state index in [0.717, 1.165) is 25.7 Å². The second kappa shape index (κ2) is 6.04. The van der Waals surface area contributed by atoms with E-state index in [4.69, 9.17) is 4.74 Å². The molecule has 3 saturated carbocycles. The van der Waals surface area contributed by atoms with Crippen LogP contribution < -0.4 is 0 Å². The molecule has 0 radical (unpaired) electrons. The van der Waals surface area contributed by atoms with Crippen LogP contribution in [0.2, 0.25) is 0 Å². The fourth-order valence-corrected chi connectivity index (χ4v) is 9.12. The number of hydrogen-bond donors (Lipinski definition) is 1. The average Bonchev–Trinajstić information content (AvgIpc) is 2.50. The topological polar surface area (TPSA) is 63.6 Å². The third kappa shape index (κ3) is 2.48. The van der Waals surface area contributed by atoms with E-state index in [1.54, 1.807) is 0 Å². The first-order valence-corrected chi connectivity index (χ1v) is 10.7. The maximum absolute atomic E-state index is 13.1. The minimum atomic E-state index is -1.71. The number of methoxy groups -OCH3 is 1. The van der Waals surface area contributed by atoms with Gasteiger partial charge in [-0.1, -0.05) is 50.0 Å². The fourth-order valence-electron chi connectivity index (χ4n) is 7.45. The summed E-state index contributed by atoms with van der Waals surface area (Å²) in [6.07, 6.45) is 5.25.